The Hall–Kier alpha value is -3.39. The molecule has 8 heteroatoms. The lowest BCUT2D eigenvalue weighted by molar-refractivity contribution is 0.103. The molecule has 0 atom stereocenters. The van der Waals surface area contributed by atoms with Crippen LogP contribution in [0.2, 0.25) is 0 Å². The van der Waals surface area contributed by atoms with E-state index in [2.05, 4.69) is 20.5 Å². The fourth-order valence-electron chi connectivity index (χ4n) is 3.69. The standard InChI is InChI=1S/C24H26N4O3S/c1-17-6-7-22(32-17)23(29)26-20-4-2-3-5-21(20)27-24(30)31-16-18-10-14-28(15-11-18)19-8-12-25-13-9-19/h2-9,12-13,18H,10-11,14-16H2,1H3,(H,26,29)(H,27,30). The monoisotopic (exact) mass is 450 g/mol. The third-order valence-corrected chi connectivity index (χ3v) is 6.47. The van der Waals surface area contributed by atoms with Gasteiger partial charge in [0.05, 0.1) is 22.9 Å². The topological polar surface area (TPSA) is 83.6 Å². The lowest BCUT2D eigenvalue weighted by Gasteiger charge is -2.33. The molecule has 1 aliphatic heterocycles. The van der Waals surface area contributed by atoms with Crippen molar-refractivity contribution in [3.05, 3.63) is 70.7 Å². The molecule has 0 unspecified atom stereocenters. The van der Waals surface area contributed by atoms with Crippen molar-refractivity contribution >= 4 is 40.4 Å². The molecule has 7 nitrogen and oxygen atoms in total. The highest BCUT2D eigenvalue weighted by atomic mass is 32.1. The highest BCUT2D eigenvalue weighted by molar-refractivity contribution is 7.14. The summed E-state index contributed by atoms with van der Waals surface area (Å²) >= 11 is 1.43. The Bertz CT molecular complexity index is 1060. The molecule has 4 rings (SSSR count). The zero-order valence-corrected chi connectivity index (χ0v) is 18.7. The third kappa shape index (κ3) is 5.64. The first kappa shape index (κ1) is 21.8. The molecule has 1 aromatic carbocycles. The van der Waals surface area contributed by atoms with Gasteiger partial charge in [-0.2, -0.15) is 0 Å². The molecule has 0 bridgehead atoms. The SMILES string of the molecule is Cc1ccc(C(=O)Nc2ccccc2NC(=O)OCC2CCN(c3ccncc3)CC2)s1. The molecule has 1 saturated heterocycles. The second-order valence-corrected chi connectivity index (χ2v) is 9.06. The molecule has 2 aromatic heterocycles. The number of nitrogens with zero attached hydrogens (tertiary/aromatic N) is 2. The van der Waals surface area contributed by atoms with Crippen LogP contribution < -0.4 is 15.5 Å². The highest BCUT2D eigenvalue weighted by Gasteiger charge is 2.21. The number of amides is 2. The van der Waals surface area contributed by atoms with Crippen LogP contribution in [0.3, 0.4) is 0 Å². The van der Waals surface area contributed by atoms with Crippen LogP contribution in [0.4, 0.5) is 21.9 Å². The van der Waals surface area contributed by atoms with Crippen molar-refractivity contribution in [2.45, 2.75) is 19.8 Å². The van der Waals surface area contributed by atoms with Crippen LogP contribution in [-0.2, 0) is 4.74 Å². The van der Waals surface area contributed by atoms with Crippen molar-refractivity contribution in [2.24, 2.45) is 5.92 Å². The van der Waals surface area contributed by atoms with E-state index in [9.17, 15) is 9.59 Å². The highest BCUT2D eigenvalue weighted by Crippen LogP contribution is 2.25. The van der Waals surface area contributed by atoms with Gasteiger partial charge in [0.15, 0.2) is 0 Å². The number of rotatable bonds is 6. The van der Waals surface area contributed by atoms with Crippen molar-refractivity contribution in [3.8, 4) is 0 Å². The summed E-state index contributed by atoms with van der Waals surface area (Å²) in [5.74, 6) is 0.127. The molecule has 0 spiro atoms. The smallest absolute Gasteiger partial charge is 0.411 e. The number of nitrogens with one attached hydrogen (secondary N) is 2. The molecule has 2 N–H and O–H groups in total. The number of hydrogen-bond donors (Lipinski definition) is 2. The van der Waals surface area contributed by atoms with Crippen LogP contribution in [0.1, 0.15) is 27.4 Å². The van der Waals surface area contributed by atoms with Crippen molar-refractivity contribution in [1.82, 2.24) is 4.98 Å². The quantitative estimate of drug-likeness (QED) is 0.541. The average molecular weight is 451 g/mol. The first-order chi connectivity index (χ1) is 15.6. The van der Waals surface area contributed by atoms with Crippen molar-refractivity contribution in [1.29, 1.82) is 0 Å². The molecular formula is C24H26N4O3S. The number of aryl methyl sites for hydroxylation is 1. The van der Waals surface area contributed by atoms with E-state index in [1.54, 1.807) is 36.7 Å². The van der Waals surface area contributed by atoms with Crippen LogP contribution in [0, 0.1) is 12.8 Å². The van der Waals surface area contributed by atoms with Crippen LogP contribution in [-0.4, -0.2) is 36.7 Å². The number of piperidine rings is 1. The van der Waals surface area contributed by atoms with E-state index >= 15 is 0 Å². The van der Waals surface area contributed by atoms with Gasteiger partial charge in [0.2, 0.25) is 0 Å². The number of carbonyl (C=O) groups is 2. The van der Waals surface area contributed by atoms with E-state index in [-0.39, 0.29) is 5.91 Å². The number of aromatic nitrogens is 1. The molecule has 1 fully saturated rings. The van der Waals surface area contributed by atoms with Gasteiger partial charge in [0, 0.05) is 36.0 Å². The summed E-state index contributed by atoms with van der Waals surface area (Å²) in [6, 6.07) is 14.8. The first-order valence-corrected chi connectivity index (χ1v) is 11.5. The van der Waals surface area contributed by atoms with Gasteiger partial charge in [-0.1, -0.05) is 12.1 Å². The van der Waals surface area contributed by atoms with Gasteiger partial charge in [-0.25, -0.2) is 4.79 Å². The number of carbonyl (C=O) groups excluding carboxylic acids is 2. The summed E-state index contributed by atoms with van der Waals surface area (Å²) in [6.07, 6.45) is 5.01. The summed E-state index contributed by atoms with van der Waals surface area (Å²) in [6.45, 7) is 4.18. The van der Waals surface area contributed by atoms with Gasteiger partial charge in [-0.05, 0) is 62.1 Å². The van der Waals surface area contributed by atoms with Gasteiger partial charge >= 0.3 is 6.09 Å². The molecule has 1 aliphatic rings. The lowest BCUT2D eigenvalue weighted by atomic mass is 9.97. The number of hydrogen-bond acceptors (Lipinski definition) is 6. The molecule has 3 heterocycles. The zero-order valence-electron chi connectivity index (χ0n) is 17.9. The molecule has 0 aliphatic carbocycles. The van der Waals surface area contributed by atoms with Crippen LogP contribution >= 0.6 is 11.3 Å². The predicted molar refractivity (Wildman–Crippen MR) is 128 cm³/mol. The van der Waals surface area contributed by atoms with Crippen LogP contribution in [0.25, 0.3) is 0 Å². The average Bonchev–Trinajstić information content (AvgIpc) is 3.26. The number of ether oxygens (including phenoxy) is 1. The predicted octanol–water partition coefficient (Wildman–Crippen LogP) is 5.17. The van der Waals surface area contributed by atoms with Crippen molar-refractivity contribution < 1.29 is 14.3 Å². The zero-order chi connectivity index (χ0) is 22.3. The fourth-order valence-corrected chi connectivity index (χ4v) is 4.46. The number of para-hydroxylation sites is 2. The molecule has 166 valence electrons. The summed E-state index contributed by atoms with van der Waals surface area (Å²) in [5, 5.41) is 5.62. The van der Waals surface area contributed by atoms with E-state index in [4.69, 9.17) is 4.74 Å². The lowest BCUT2D eigenvalue weighted by Crippen LogP contribution is -2.35. The third-order valence-electron chi connectivity index (χ3n) is 5.47. The summed E-state index contributed by atoms with van der Waals surface area (Å²) in [4.78, 5) is 32.9. The Morgan fingerprint density at radius 3 is 2.38 bits per heavy atom. The van der Waals surface area contributed by atoms with Crippen LogP contribution in [0.5, 0.6) is 0 Å². The Labute approximate surface area is 191 Å². The van der Waals surface area contributed by atoms with Crippen molar-refractivity contribution in [2.75, 3.05) is 35.2 Å². The largest absolute Gasteiger partial charge is 0.449 e. The van der Waals surface area contributed by atoms with E-state index in [0.717, 1.165) is 30.8 Å². The molecular weight excluding hydrogens is 424 g/mol. The summed E-state index contributed by atoms with van der Waals surface area (Å²) in [5.41, 5.74) is 2.21. The van der Waals surface area contributed by atoms with Crippen molar-refractivity contribution in [3.63, 3.8) is 0 Å². The van der Waals surface area contributed by atoms with E-state index in [1.165, 1.54) is 17.0 Å². The molecule has 0 radical (unpaired) electrons. The fraction of sp³-hybridized carbons (Fsp3) is 0.292. The number of pyridine rings is 1. The second-order valence-electron chi connectivity index (χ2n) is 7.77. The van der Waals surface area contributed by atoms with Gasteiger partial charge in [-0.15, -0.1) is 11.3 Å². The van der Waals surface area contributed by atoms with Gasteiger partial charge in [0.25, 0.3) is 5.91 Å². The Morgan fingerprint density at radius 1 is 1.03 bits per heavy atom. The van der Waals surface area contributed by atoms with E-state index in [0.29, 0.717) is 28.8 Å². The van der Waals surface area contributed by atoms with Gasteiger partial charge in [-0.3, -0.25) is 15.1 Å². The van der Waals surface area contributed by atoms with E-state index in [1.807, 2.05) is 31.2 Å². The Morgan fingerprint density at radius 2 is 1.72 bits per heavy atom. The molecule has 3 aromatic rings. The summed E-state index contributed by atoms with van der Waals surface area (Å²) < 4.78 is 5.49. The number of benzene rings is 1. The molecule has 0 saturated carbocycles. The minimum Gasteiger partial charge on any atom is -0.449 e. The molecule has 32 heavy (non-hydrogen) atoms. The minimum absolute atomic E-state index is 0.202. The van der Waals surface area contributed by atoms with Gasteiger partial charge < -0.3 is 15.0 Å². The summed E-state index contributed by atoms with van der Waals surface area (Å²) in [7, 11) is 0. The Balaban J connectivity index is 1.26. The molecule has 2 amide bonds. The maximum Gasteiger partial charge on any atom is 0.411 e. The Kier molecular flexibility index (Phi) is 7.01. The maximum absolute atomic E-state index is 12.5. The minimum atomic E-state index is -0.518. The first-order valence-electron chi connectivity index (χ1n) is 10.6. The maximum atomic E-state index is 12.5. The second kappa shape index (κ2) is 10.3. The van der Waals surface area contributed by atoms with Gasteiger partial charge in [0.1, 0.15) is 0 Å². The number of anilines is 3. The normalized spacial score (nSPS) is 14.1. The van der Waals surface area contributed by atoms with Crippen LogP contribution in [0.15, 0.2) is 60.9 Å². The van der Waals surface area contributed by atoms with E-state index < -0.39 is 6.09 Å². The number of thiophene rings is 1.